The summed E-state index contributed by atoms with van der Waals surface area (Å²) in [6.45, 7) is 10.4. The molecule has 1 atom stereocenters. The molecule has 49 heavy (non-hydrogen) atoms. The molecule has 2 aliphatic heterocycles. The van der Waals surface area contributed by atoms with E-state index in [1.165, 1.54) is 5.56 Å². The lowest BCUT2D eigenvalue weighted by atomic mass is 9.76. The highest BCUT2D eigenvalue weighted by molar-refractivity contribution is 5.98. The molecule has 0 spiro atoms. The predicted octanol–water partition coefficient (Wildman–Crippen LogP) is 5.05. The third-order valence-corrected chi connectivity index (χ3v) is 10.2. The van der Waals surface area contributed by atoms with Gasteiger partial charge >= 0.3 is 0 Å². The van der Waals surface area contributed by atoms with Gasteiger partial charge in [0.2, 0.25) is 5.95 Å². The Morgan fingerprint density at radius 2 is 1.71 bits per heavy atom. The van der Waals surface area contributed by atoms with Crippen molar-refractivity contribution >= 4 is 22.9 Å². The number of carbonyl (C=O) groups excluding carboxylic acids is 1. The molecule has 11 nitrogen and oxygen atoms in total. The summed E-state index contributed by atoms with van der Waals surface area (Å²) < 4.78 is 15.5. The number of para-hydroxylation sites is 2. The second-order valence-corrected chi connectivity index (χ2v) is 13.1. The molecule has 0 aliphatic carbocycles. The summed E-state index contributed by atoms with van der Waals surface area (Å²) in [5.74, 6) is 1.60. The highest BCUT2D eigenvalue weighted by Crippen LogP contribution is 2.39. The third-order valence-electron chi connectivity index (χ3n) is 10.2. The van der Waals surface area contributed by atoms with Gasteiger partial charge in [0.05, 0.1) is 30.3 Å². The molecule has 2 saturated heterocycles. The zero-order chi connectivity index (χ0) is 33.6. The molecule has 2 aliphatic rings. The number of rotatable bonds is 12. The molecular formula is C38H46N8O3. The fourth-order valence-corrected chi connectivity index (χ4v) is 7.54. The minimum Gasteiger partial charge on any atom is -0.496 e. The first kappa shape index (κ1) is 32.8. The highest BCUT2D eigenvalue weighted by atomic mass is 16.5. The Morgan fingerprint density at radius 1 is 0.898 bits per heavy atom. The van der Waals surface area contributed by atoms with Crippen LogP contribution >= 0.6 is 0 Å². The molecule has 0 radical (unpaired) electrons. The van der Waals surface area contributed by atoms with Crippen LogP contribution in [0, 0.1) is 0 Å². The minimum atomic E-state index is -0.130. The number of methoxy groups -OCH3 is 1. The molecule has 4 heterocycles. The summed E-state index contributed by atoms with van der Waals surface area (Å²) >= 11 is 0. The normalized spacial score (nSPS) is 18.7. The van der Waals surface area contributed by atoms with Gasteiger partial charge in [-0.2, -0.15) is 0 Å². The first-order chi connectivity index (χ1) is 24.1. The van der Waals surface area contributed by atoms with Gasteiger partial charge in [-0.05, 0) is 75.2 Å². The molecule has 0 bridgehead atoms. The van der Waals surface area contributed by atoms with E-state index in [0.717, 1.165) is 81.2 Å². The van der Waals surface area contributed by atoms with Crippen molar-refractivity contribution in [2.45, 2.75) is 38.1 Å². The highest BCUT2D eigenvalue weighted by Gasteiger charge is 2.42. The number of imidazole rings is 1. The van der Waals surface area contributed by atoms with E-state index in [1.54, 1.807) is 24.3 Å². The van der Waals surface area contributed by atoms with Gasteiger partial charge in [0.25, 0.3) is 5.91 Å². The van der Waals surface area contributed by atoms with E-state index < -0.39 is 0 Å². The van der Waals surface area contributed by atoms with Crippen LogP contribution in [-0.2, 0) is 16.7 Å². The van der Waals surface area contributed by atoms with E-state index in [9.17, 15) is 4.79 Å². The van der Waals surface area contributed by atoms with E-state index in [4.69, 9.17) is 14.5 Å². The first-order valence-electron chi connectivity index (χ1n) is 17.5. The average Bonchev–Trinajstić information content (AvgIpc) is 3.88. The first-order valence-corrected chi connectivity index (χ1v) is 17.5. The smallest absolute Gasteiger partial charge is 0.257 e. The van der Waals surface area contributed by atoms with Crippen LogP contribution < -0.4 is 9.64 Å². The van der Waals surface area contributed by atoms with E-state index in [1.807, 2.05) is 30.0 Å². The summed E-state index contributed by atoms with van der Waals surface area (Å²) in [5.41, 5.74) is 4.74. The van der Waals surface area contributed by atoms with Crippen molar-refractivity contribution in [2.75, 3.05) is 71.0 Å². The van der Waals surface area contributed by atoms with Crippen LogP contribution in [0.1, 0.15) is 42.1 Å². The lowest BCUT2D eigenvalue weighted by molar-refractivity contribution is 0.0777. The minimum absolute atomic E-state index is 0.0118. The fourth-order valence-electron chi connectivity index (χ4n) is 7.54. The van der Waals surface area contributed by atoms with Crippen LogP contribution in [0.3, 0.4) is 0 Å². The maximum Gasteiger partial charge on any atom is 0.257 e. The van der Waals surface area contributed by atoms with Crippen LogP contribution in [0.5, 0.6) is 5.75 Å². The molecule has 3 aromatic carbocycles. The van der Waals surface area contributed by atoms with E-state index in [-0.39, 0.29) is 11.3 Å². The van der Waals surface area contributed by atoms with Gasteiger partial charge in [-0.15, -0.1) is 10.2 Å². The molecule has 0 N–H and O–H groups in total. The number of hydrogen-bond acceptors (Lipinski definition) is 8. The number of amides is 1. The Morgan fingerprint density at radius 3 is 2.53 bits per heavy atom. The van der Waals surface area contributed by atoms with Crippen LogP contribution in [0.25, 0.3) is 16.7 Å². The Bertz CT molecular complexity index is 1840. The lowest BCUT2D eigenvalue weighted by Crippen LogP contribution is -2.39. The van der Waals surface area contributed by atoms with Crippen molar-refractivity contribution in [2.24, 2.45) is 0 Å². The van der Waals surface area contributed by atoms with Crippen molar-refractivity contribution in [3.63, 3.8) is 0 Å². The summed E-state index contributed by atoms with van der Waals surface area (Å²) in [7, 11) is 1.61. The molecule has 0 saturated carbocycles. The summed E-state index contributed by atoms with van der Waals surface area (Å²) in [6.07, 6.45) is 6.23. The van der Waals surface area contributed by atoms with Crippen LogP contribution in [0.2, 0.25) is 0 Å². The van der Waals surface area contributed by atoms with Crippen LogP contribution in [0.4, 0.5) is 5.95 Å². The Hall–Kier alpha value is -4.74. The molecule has 11 heteroatoms. The van der Waals surface area contributed by atoms with Crippen molar-refractivity contribution in [1.29, 1.82) is 0 Å². The van der Waals surface area contributed by atoms with Gasteiger partial charge in [-0.25, -0.2) is 4.98 Å². The Kier molecular flexibility index (Phi) is 9.90. The lowest BCUT2D eigenvalue weighted by Gasteiger charge is -2.33. The second kappa shape index (κ2) is 14.8. The third kappa shape index (κ3) is 6.91. The fraction of sp³-hybridized carbons (Fsp3) is 0.421. The van der Waals surface area contributed by atoms with Gasteiger partial charge in [-0.3, -0.25) is 9.36 Å². The number of nitrogens with zero attached hydrogens (tertiary/aromatic N) is 8. The standard InChI is InChI=1S/C38H46N8O3/c1-3-49-25-24-46-34-13-8-7-12-33(34)41-37(46)43-19-9-18-42(22-23-43)20-16-38(30-10-5-4-6-11-30)17-21-44(27-38)36(47)32-26-31(14-15-35(32)48-2)45-28-39-40-29-45/h4-8,10-15,26,28-29H,3,9,16-25,27H2,1-2H3. The Labute approximate surface area is 288 Å². The molecule has 2 aromatic heterocycles. The molecular weight excluding hydrogens is 616 g/mol. The average molecular weight is 663 g/mol. The van der Waals surface area contributed by atoms with E-state index >= 15 is 0 Å². The topological polar surface area (TPSA) is 93.8 Å². The quantitative estimate of drug-likeness (QED) is 0.172. The molecule has 7 rings (SSSR count). The number of anilines is 1. The van der Waals surface area contributed by atoms with Gasteiger partial charge in [0.15, 0.2) is 0 Å². The maximum atomic E-state index is 14.1. The van der Waals surface area contributed by atoms with Crippen molar-refractivity contribution < 1.29 is 14.3 Å². The number of hydrogen-bond donors (Lipinski definition) is 0. The van der Waals surface area contributed by atoms with Crippen molar-refractivity contribution in [3.05, 3.63) is 96.6 Å². The van der Waals surface area contributed by atoms with Gasteiger partial charge in [0, 0.05) is 57.0 Å². The largest absolute Gasteiger partial charge is 0.496 e. The molecule has 1 unspecified atom stereocenters. The monoisotopic (exact) mass is 662 g/mol. The van der Waals surface area contributed by atoms with E-state index in [2.05, 4.69) is 79.2 Å². The van der Waals surface area contributed by atoms with Gasteiger partial charge < -0.3 is 28.7 Å². The second-order valence-electron chi connectivity index (χ2n) is 13.1. The van der Waals surface area contributed by atoms with E-state index in [0.29, 0.717) is 37.6 Å². The number of ether oxygens (including phenoxy) is 2. The Balaban J connectivity index is 1.06. The molecule has 2 fully saturated rings. The van der Waals surface area contributed by atoms with Crippen molar-refractivity contribution in [3.8, 4) is 11.4 Å². The number of fused-ring (bicyclic) bond motifs is 1. The summed E-state index contributed by atoms with van der Waals surface area (Å²) in [5, 5.41) is 7.85. The van der Waals surface area contributed by atoms with Crippen molar-refractivity contribution in [1.82, 2.24) is 34.1 Å². The number of carbonyl (C=O) groups is 1. The predicted molar refractivity (Wildman–Crippen MR) is 191 cm³/mol. The maximum absolute atomic E-state index is 14.1. The molecule has 1 amide bonds. The molecule has 256 valence electrons. The summed E-state index contributed by atoms with van der Waals surface area (Å²) in [4.78, 5) is 26.3. The van der Waals surface area contributed by atoms with Crippen LogP contribution in [-0.4, -0.2) is 106 Å². The van der Waals surface area contributed by atoms with Gasteiger partial charge in [0.1, 0.15) is 18.4 Å². The number of benzene rings is 3. The van der Waals surface area contributed by atoms with Crippen LogP contribution in [0.15, 0.2) is 85.5 Å². The SMILES string of the molecule is CCOCCn1c(N2CCCN(CCC3(c4ccccc4)CCN(C(=O)c4cc(-n5cnnc5)ccc4OC)C3)CC2)nc2ccccc21. The summed E-state index contributed by atoms with van der Waals surface area (Å²) in [6, 6.07) is 24.8. The molecule has 5 aromatic rings. The zero-order valence-electron chi connectivity index (χ0n) is 28.6. The number of likely N-dealkylation sites (tertiary alicyclic amines) is 1. The number of aromatic nitrogens is 5. The zero-order valence-corrected chi connectivity index (χ0v) is 28.6. The van der Waals surface area contributed by atoms with Gasteiger partial charge in [-0.1, -0.05) is 42.5 Å².